The lowest BCUT2D eigenvalue weighted by atomic mass is 9.75. The molecule has 152 valence electrons. The molecule has 0 spiro atoms. The number of hydrogen-bond donors (Lipinski definition) is 0. The molecule has 6 heterocycles. The van der Waals surface area contributed by atoms with Crippen molar-refractivity contribution in [2.45, 2.75) is 44.3 Å². The van der Waals surface area contributed by atoms with Crippen molar-refractivity contribution in [3.05, 3.63) is 41.7 Å². The van der Waals surface area contributed by atoms with Crippen LogP contribution in [0.3, 0.4) is 0 Å². The van der Waals surface area contributed by atoms with Crippen LogP contribution in [0.2, 0.25) is 0 Å². The molecule has 5 aliphatic heterocycles. The number of aryl methyl sites for hydroxylation is 1. The van der Waals surface area contributed by atoms with Gasteiger partial charge >= 0.3 is 0 Å². The van der Waals surface area contributed by atoms with E-state index in [9.17, 15) is 4.79 Å². The number of benzene rings is 1. The van der Waals surface area contributed by atoms with Gasteiger partial charge in [-0.15, -0.1) is 0 Å². The molecule has 2 bridgehead atoms. The van der Waals surface area contributed by atoms with E-state index in [1.807, 2.05) is 23.9 Å². The Morgan fingerprint density at radius 3 is 2.79 bits per heavy atom. The van der Waals surface area contributed by atoms with E-state index in [1.165, 1.54) is 18.4 Å². The minimum Gasteiger partial charge on any atom is -0.454 e. The van der Waals surface area contributed by atoms with Gasteiger partial charge in [0.15, 0.2) is 11.5 Å². The maximum Gasteiger partial charge on any atom is 0.257 e. The molecule has 7 rings (SSSR count). The first-order chi connectivity index (χ1) is 14.2. The quantitative estimate of drug-likeness (QED) is 0.800. The summed E-state index contributed by atoms with van der Waals surface area (Å²) in [5.74, 6) is 2.64. The van der Waals surface area contributed by atoms with Crippen LogP contribution in [0.5, 0.6) is 11.5 Å². The summed E-state index contributed by atoms with van der Waals surface area (Å²) >= 11 is 0. The highest BCUT2D eigenvalue weighted by atomic mass is 16.7. The first-order valence-electron chi connectivity index (χ1n) is 10.7. The minimum atomic E-state index is 0.122. The average Bonchev–Trinajstić information content (AvgIpc) is 3.51. The molecule has 1 aromatic heterocycles. The molecule has 0 unspecified atom stereocenters. The molecule has 1 amide bonds. The number of fused-ring (bicyclic) bond motifs is 3. The Balaban J connectivity index is 1.37. The summed E-state index contributed by atoms with van der Waals surface area (Å²) < 4.78 is 12.9. The highest BCUT2D eigenvalue weighted by molar-refractivity contribution is 5.94. The Morgan fingerprint density at radius 1 is 1.17 bits per heavy atom. The predicted octanol–water partition coefficient (Wildman–Crippen LogP) is 2.33. The zero-order valence-corrected chi connectivity index (χ0v) is 16.7. The van der Waals surface area contributed by atoms with Gasteiger partial charge in [-0.3, -0.25) is 14.4 Å². The topological polar surface area (TPSA) is 59.8 Å². The van der Waals surface area contributed by atoms with Crippen LogP contribution in [-0.4, -0.2) is 64.0 Å². The summed E-state index contributed by atoms with van der Waals surface area (Å²) in [5.41, 5.74) is 1.95. The number of nitrogens with zero attached hydrogens (tertiary/aromatic N) is 4. The van der Waals surface area contributed by atoms with Crippen molar-refractivity contribution in [1.82, 2.24) is 19.6 Å². The zero-order valence-electron chi connectivity index (χ0n) is 16.7. The molecule has 5 aliphatic rings. The van der Waals surface area contributed by atoms with Gasteiger partial charge in [0.25, 0.3) is 5.91 Å². The number of likely N-dealkylation sites (tertiary alicyclic amines) is 1. The van der Waals surface area contributed by atoms with Crippen LogP contribution in [0, 0.1) is 5.92 Å². The van der Waals surface area contributed by atoms with Gasteiger partial charge in [0.1, 0.15) is 0 Å². The van der Waals surface area contributed by atoms with Crippen LogP contribution in [0.4, 0.5) is 0 Å². The van der Waals surface area contributed by atoms with Crippen LogP contribution in [-0.2, 0) is 6.54 Å². The smallest absolute Gasteiger partial charge is 0.257 e. The number of piperidine rings is 3. The number of amides is 1. The van der Waals surface area contributed by atoms with Gasteiger partial charge in [-0.05, 0) is 56.5 Å². The van der Waals surface area contributed by atoms with Gasteiger partial charge in [-0.2, -0.15) is 5.10 Å². The average molecular weight is 394 g/mol. The van der Waals surface area contributed by atoms with Crippen LogP contribution in [0.15, 0.2) is 30.6 Å². The van der Waals surface area contributed by atoms with Crippen molar-refractivity contribution in [2.75, 3.05) is 26.4 Å². The fourth-order valence-electron chi connectivity index (χ4n) is 5.90. The number of rotatable bonds is 3. The van der Waals surface area contributed by atoms with Crippen LogP contribution in [0.1, 0.15) is 41.6 Å². The van der Waals surface area contributed by atoms with E-state index in [1.54, 1.807) is 6.20 Å². The molecule has 0 radical (unpaired) electrons. The molecule has 0 aliphatic carbocycles. The van der Waals surface area contributed by atoms with Crippen molar-refractivity contribution in [3.8, 4) is 11.5 Å². The monoisotopic (exact) mass is 394 g/mol. The Hall–Kier alpha value is -2.54. The van der Waals surface area contributed by atoms with E-state index < -0.39 is 0 Å². The number of aromatic nitrogens is 2. The number of carbonyl (C=O) groups is 1. The maximum atomic E-state index is 13.5. The van der Waals surface area contributed by atoms with Crippen molar-refractivity contribution in [2.24, 2.45) is 5.92 Å². The van der Waals surface area contributed by atoms with Gasteiger partial charge in [-0.25, -0.2) is 0 Å². The third-order valence-electron chi connectivity index (χ3n) is 7.28. The van der Waals surface area contributed by atoms with Crippen LogP contribution >= 0.6 is 0 Å². The van der Waals surface area contributed by atoms with Gasteiger partial charge in [0.05, 0.1) is 17.8 Å². The first kappa shape index (κ1) is 17.3. The van der Waals surface area contributed by atoms with Crippen molar-refractivity contribution >= 4 is 5.91 Å². The molecular formula is C22H26N4O3. The van der Waals surface area contributed by atoms with Gasteiger partial charge in [0.2, 0.25) is 6.79 Å². The molecule has 0 saturated carbocycles. The summed E-state index contributed by atoms with van der Waals surface area (Å²) in [6.45, 7) is 6.13. The third kappa shape index (κ3) is 2.60. The molecule has 4 saturated heterocycles. The summed E-state index contributed by atoms with van der Waals surface area (Å²) in [7, 11) is 0. The number of carbonyl (C=O) groups excluding carboxylic acids is 1. The lowest BCUT2D eigenvalue weighted by molar-refractivity contribution is -0.00341. The number of ether oxygens (including phenoxy) is 2. The van der Waals surface area contributed by atoms with Gasteiger partial charge in [-0.1, -0.05) is 6.07 Å². The van der Waals surface area contributed by atoms with Gasteiger partial charge in [0, 0.05) is 31.2 Å². The highest BCUT2D eigenvalue weighted by Gasteiger charge is 2.54. The molecular weight excluding hydrogens is 368 g/mol. The lowest BCUT2D eigenvalue weighted by Gasteiger charge is -2.51. The fourth-order valence-corrected chi connectivity index (χ4v) is 5.90. The number of hydrogen-bond acceptors (Lipinski definition) is 5. The van der Waals surface area contributed by atoms with Crippen LogP contribution in [0.25, 0.3) is 0 Å². The second kappa shape index (κ2) is 6.49. The Kier molecular flexibility index (Phi) is 3.88. The Morgan fingerprint density at radius 2 is 2.00 bits per heavy atom. The molecule has 0 N–H and O–H groups in total. The Labute approximate surface area is 170 Å². The normalized spacial score (nSPS) is 31.9. The standard InChI is InChI=1S/C22H26N4O3/c1-2-25-11-16(10-23-25)22(27)26-12-17(15-3-4-18-19(9-15)29-13-28-18)21-20(26)14-5-7-24(21)8-6-14/h3-4,9-11,14,17,20-21H,2,5-8,12-13H2,1H3/t17-,20+,21+/m1/s1. The molecule has 7 heteroatoms. The maximum absolute atomic E-state index is 13.5. The predicted molar refractivity (Wildman–Crippen MR) is 106 cm³/mol. The summed E-state index contributed by atoms with van der Waals surface area (Å²) in [5, 5.41) is 4.32. The summed E-state index contributed by atoms with van der Waals surface area (Å²) in [4.78, 5) is 18.2. The Bertz CT molecular complexity index is 949. The van der Waals surface area contributed by atoms with Crippen LogP contribution < -0.4 is 9.47 Å². The van der Waals surface area contributed by atoms with Gasteiger partial charge < -0.3 is 14.4 Å². The van der Waals surface area contributed by atoms with Crippen molar-refractivity contribution in [3.63, 3.8) is 0 Å². The van der Waals surface area contributed by atoms with E-state index in [0.29, 0.717) is 23.4 Å². The zero-order chi connectivity index (χ0) is 19.5. The lowest BCUT2D eigenvalue weighted by Crippen LogP contribution is -2.60. The minimum absolute atomic E-state index is 0.122. The molecule has 3 atom stereocenters. The fraction of sp³-hybridized carbons (Fsp3) is 0.545. The second-order valence-electron chi connectivity index (χ2n) is 8.62. The molecule has 29 heavy (non-hydrogen) atoms. The van der Waals surface area contributed by atoms with E-state index in [2.05, 4.69) is 27.0 Å². The van der Waals surface area contributed by atoms with E-state index >= 15 is 0 Å². The summed E-state index contributed by atoms with van der Waals surface area (Å²) in [6, 6.07) is 6.95. The molecule has 2 aromatic rings. The van der Waals surface area contributed by atoms with E-state index in [-0.39, 0.29) is 18.7 Å². The van der Waals surface area contributed by atoms with E-state index in [4.69, 9.17) is 9.47 Å². The van der Waals surface area contributed by atoms with Crippen molar-refractivity contribution in [1.29, 1.82) is 0 Å². The molecule has 4 fully saturated rings. The van der Waals surface area contributed by atoms with Crippen molar-refractivity contribution < 1.29 is 14.3 Å². The summed E-state index contributed by atoms with van der Waals surface area (Å²) in [6.07, 6.45) is 5.97. The van der Waals surface area contributed by atoms with E-state index in [0.717, 1.165) is 37.7 Å². The molecule has 1 aromatic carbocycles. The highest BCUT2D eigenvalue weighted by Crippen LogP contribution is 2.48. The first-order valence-corrected chi connectivity index (χ1v) is 10.7. The second-order valence-corrected chi connectivity index (χ2v) is 8.62. The largest absolute Gasteiger partial charge is 0.454 e. The molecule has 7 nitrogen and oxygen atoms in total. The SMILES string of the molecule is CCn1cc(C(=O)N2C[C@H](c3ccc4c(c3)OCO4)[C@H]3[C@@H]2C2CCN3CC2)cn1. The third-order valence-corrected chi connectivity index (χ3v) is 7.28.